The van der Waals surface area contributed by atoms with Gasteiger partial charge in [-0.1, -0.05) is 33.1 Å². The van der Waals surface area contributed by atoms with Crippen LogP contribution in [-0.2, 0) is 4.79 Å². The van der Waals surface area contributed by atoms with Crippen molar-refractivity contribution < 1.29 is 4.79 Å². The van der Waals surface area contributed by atoms with Crippen molar-refractivity contribution in [3.8, 4) is 0 Å². The van der Waals surface area contributed by atoms with Gasteiger partial charge in [0.2, 0.25) is 5.91 Å². The predicted octanol–water partition coefficient (Wildman–Crippen LogP) is 2.95. The number of hydrogen-bond donors (Lipinski definition) is 1. The largest absolute Gasteiger partial charge is 0.352 e. The predicted molar refractivity (Wildman–Crippen MR) is 79.1 cm³/mol. The van der Waals surface area contributed by atoms with Gasteiger partial charge in [-0.25, -0.2) is 0 Å². The molecule has 1 heterocycles. The molecule has 1 aliphatic carbocycles. The summed E-state index contributed by atoms with van der Waals surface area (Å²) in [5, 5.41) is 3.28. The first-order chi connectivity index (χ1) is 9.20. The Labute approximate surface area is 118 Å². The Hall–Kier alpha value is -0.570. The van der Waals surface area contributed by atoms with E-state index in [-0.39, 0.29) is 5.91 Å². The second-order valence-electron chi connectivity index (χ2n) is 6.46. The molecule has 3 heteroatoms. The molecule has 2 rings (SSSR count). The highest BCUT2D eigenvalue weighted by molar-refractivity contribution is 5.78. The van der Waals surface area contributed by atoms with E-state index in [1.54, 1.807) is 0 Å². The van der Waals surface area contributed by atoms with Crippen LogP contribution in [0.3, 0.4) is 0 Å². The summed E-state index contributed by atoms with van der Waals surface area (Å²) in [6.45, 7) is 6.23. The molecule has 0 radical (unpaired) electrons. The SMILES string of the molecule is CC[C@@H]1CCCCN1CC(=O)N[C@@H]1CCCC[C@H]1C. The quantitative estimate of drug-likeness (QED) is 0.848. The summed E-state index contributed by atoms with van der Waals surface area (Å²) < 4.78 is 0. The summed E-state index contributed by atoms with van der Waals surface area (Å²) in [4.78, 5) is 14.6. The van der Waals surface area contributed by atoms with Gasteiger partial charge >= 0.3 is 0 Å². The smallest absolute Gasteiger partial charge is 0.234 e. The third-order valence-electron chi connectivity index (χ3n) is 5.02. The fraction of sp³-hybridized carbons (Fsp3) is 0.938. The number of carbonyl (C=O) groups excluding carboxylic acids is 1. The van der Waals surface area contributed by atoms with Crippen LogP contribution in [0.5, 0.6) is 0 Å². The molecule has 1 aliphatic heterocycles. The van der Waals surface area contributed by atoms with Crippen molar-refractivity contribution in [2.45, 2.75) is 77.3 Å². The van der Waals surface area contributed by atoms with Crippen molar-refractivity contribution in [2.75, 3.05) is 13.1 Å². The van der Waals surface area contributed by atoms with Crippen LogP contribution >= 0.6 is 0 Å². The fourth-order valence-corrected chi connectivity index (χ4v) is 3.70. The zero-order valence-corrected chi connectivity index (χ0v) is 12.7. The standard InChI is InChI=1S/C16H30N2O/c1-3-14-9-6-7-11-18(14)12-16(19)17-15-10-5-4-8-13(15)2/h13-15H,3-12H2,1-2H3,(H,17,19)/t13-,14-,15-/m1/s1. The Morgan fingerprint density at radius 1 is 1.16 bits per heavy atom. The fourth-order valence-electron chi connectivity index (χ4n) is 3.70. The monoisotopic (exact) mass is 266 g/mol. The molecule has 19 heavy (non-hydrogen) atoms. The number of rotatable bonds is 4. The molecule has 1 saturated heterocycles. The molecule has 110 valence electrons. The highest BCUT2D eigenvalue weighted by Gasteiger charge is 2.26. The molecular formula is C16H30N2O. The highest BCUT2D eigenvalue weighted by Crippen LogP contribution is 2.24. The third kappa shape index (κ3) is 4.20. The van der Waals surface area contributed by atoms with Crippen LogP contribution in [0.25, 0.3) is 0 Å². The summed E-state index contributed by atoms with van der Waals surface area (Å²) in [6, 6.07) is 1.05. The highest BCUT2D eigenvalue weighted by atomic mass is 16.2. The number of piperidine rings is 1. The number of carbonyl (C=O) groups is 1. The van der Waals surface area contributed by atoms with E-state index in [0.717, 1.165) is 6.54 Å². The zero-order valence-electron chi connectivity index (χ0n) is 12.7. The Bertz CT molecular complexity index is 292. The molecule has 3 nitrogen and oxygen atoms in total. The van der Waals surface area contributed by atoms with Crippen LogP contribution < -0.4 is 5.32 Å². The summed E-state index contributed by atoms with van der Waals surface area (Å²) in [7, 11) is 0. The topological polar surface area (TPSA) is 32.3 Å². The first kappa shape index (κ1) is 14.8. The Kier molecular flexibility index (Phi) is 5.68. The van der Waals surface area contributed by atoms with Crippen molar-refractivity contribution in [3.63, 3.8) is 0 Å². The number of nitrogens with zero attached hydrogens (tertiary/aromatic N) is 1. The molecule has 0 spiro atoms. The van der Waals surface area contributed by atoms with Crippen LogP contribution in [0, 0.1) is 5.92 Å². The average molecular weight is 266 g/mol. The first-order valence-electron chi connectivity index (χ1n) is 8.24. The summed E-state index contributed by atoms with van der Waals surface area (Å²) in [6.07, 6.45) is 10.1. The van der Waals surface area contributed by atoms with Gasteiger partial charge in [0.15, 0.2) is 0 Å². The van der Waals surface area contributed by atoms with Crippen molar-refractivity contribution in [2.24, 2.45) is 5.92 Å². The molecule has 0 aromatic rings. The minimum atomic E-state index is 0.249. The van der Waals surface area contributed by atoms with Gasteiger partial charge in [0.1, 0.15) is 0 Å². The van der Waals surface area contributed by atoms with Gasteiger partial charge in [-0.2, -0.15) is 0 Å². The molecule has 2 aliphatic rings. The lowest BCUT2D eigenvalue weighted by atomic mass is 9.86. The van der Waals surface area contributed by atoms with Gasteiger partial charge in [-0.15, -0.1) is 0 Å². The molecule has 0 bridgehead atoms. The molecule has 1 N–H and O–H groups in total. The van der Waals surface area contributed by atoms with Crippen LogP contribution in [0.2, 0.25) is 0 Å². The lowest BCUT2D eigenvalue weighted by Crippen LogP contribution is -2.49. The summed E-state index contributed by atoms with van der Waals surface area (Å²) >= 11 is 0. The van der Waals surface area contributed by atoms with Gasteiger partial charge in [-0.3, -0.25) is 9.69 Å². The molecule has 2 fully saturated rings. The Morgan fingerprint density at radius 3 is 2.63 bits per heavy atom. The van der Waals surface area contributed by atoms with E-state index in [9.17, 15) is 4.79 Å². The normalized spacial score (nSPS) is 33.1. The minimum Gasteiger partial charge on any atom is -0.352 e. The molecule has 0 aromatic carbocycles. The molecular weight excluding hydrogens is 236 g/mol. The summed E-state index contributed by atoms with van der Waals surface area (Å²) in [5.41, 5.74) is 0. The first-order valence-corrected chi connectivity index (χ1v) is 8.24. The van der Waals surface area contributed by atoms with E-state index in [4.69, 9.17) is 0 Å². The average Bonchev–Trinajstić information content (AvgIpc) is 2.42. The minimum absolute atomic E-state index is 0.249. The Morgan fingerprint density at radius 2 is 1.89 bits per heavy atom. The molecule has 0 unspecified atom stereocenters. The molecule has 1 saturated carbocycles. The van der Waals surface area contributed by atoms with Gasteiger partial charge < -0.3 is 5.32 Å². The van der Waals surface area contributed by atoms with Crippen LogP contribution in [-0.4, -0.2) is 36.0 Å². The Balaban J connectivity index is 1.79. The van der Waals surface area contributed by atoms with Crippen LogP contribution in [0.15, 0.2) is 0 Å². The number of likely N-dealkylation sites (tertiary alicyclic amines) is 1. The molecule has 1 amide bonds. The summed E-state index contributed by atoms with van der Waals surface area (Å²) in [5.74, 6) is 0.903. The lowest BCUT2D eigenvalue weighted by molar-refractivity contribution is -0.124. The van der Waals surface area contributed by atoms with Gasteiger partial charge in [0, 0.05) is 12.1 Å². The van der Waals surface area contributed by atoms with E-state index < -0.39 is 0 Å². The third-order valence-corrected chi connectivity index (χ3v) is 5.02. The maximum atomic E-state index is 12.2. The van der Waals surface area contributed by atoms with Crippen LogP contribution in [0.1, 0.15) is 65.2 Å². The van der Waals surface area contributed by atoms with Crippen LogP contribution in [0.4, 0.5) is 0 Å². The second kappa shape index (κ2) is 7.28. The van der Waals surface area contributed by atoms with Crippen molar-refractivity contribution in [1.29, 1.82) is 0 Å². The van der Waals surface area contributed by atoms with E-state index in [2.05, 4.69) is 24.1 Å². The molecule has 0 aromatic heterocycles. The lowest BCUT2D eigenvalue weighted by Gasteiger charge is -2.36. The van der Waals surface area contributed by atoms with E-state index in [1.165, 1.54) is 51.4 Å². The van der Waals surface area contributed by atoms with Crippen molar-refractivity contribution >= 4 is 5.91 Å². The number of nitrogens with one attached hydrogen (secondary N) is 1. The van der Waals surface area contributed by atoms with Crippen molar-refractivity contribution in [1.82, 2.24) is 10.2 Å². The number of hydrogen-bond acceptors (Lipinski definition) is 2. The van der Waals surface area contributed by atoms with Gasteiger partial charge in [-0.05, 0) is 44.6 Å². The maximum Gasteiger partial charge on any atom is 0.234 e. The zero-order chi connectivity index (χ0) is 13.7. The van der Waals surface area contributed by atoms with E-state index in [1.807, 2.05) is 0 Å². The number of amides is 1. The maximum absolute atomic E-state index is 12.2. The second-order valence-corrected chi connectivity index (χ2v) is 6.46. The van der Waals surface area contributed by atoms with Gasteiger partial charge in [0.25, 0.3) is 0 Å². The van der Waals surface area contributed by atoms with Gasteiger partial charge in [0.05, 0.1) is 6.54 Å². The molecule has 3 atom stereocenters. The van der Waals surface area contributed by atoms with Crippen molar-refractivity contribution in [3.05, 3.63) is 0 Å². The van der Waals surface area contributed by atoms with E-state index >= 15 is 0 Å². The van der Waals surface area contributed by atoms with E-state index in [0.29, 0.717) is 24.5 Å².